The van der Waals surface area contributed by atoms with Crippen LogP contribution in [0, 0.1) is 18.6 Å². The maximum absolute atomic E-state index is 17.3. The molecule has 2 aromatic carbocycles. The molecular formula is C34H34Cl3F2N7O2. The average Bonchev–Trinajstić information content (AvgIpc) is 3.03. The molecule has 4 aromatic rings. The number of carbonyl (C=O) groups excluding carboxylic acids is 1. The van der Waals surface area contributed by atoms with Crippen LogP contribution in [0.1, 0.15) is 44.4 Å². The smallest absolute Gasteiger partial charge is 0.354 e. The van der Waals surface area contributed by atoms with Gasteiger partial charge in [0.05, 0.1) is 48.7 Å². The minimum Gasteiger partial charge on any atom is -0.397 e. The standard InChI is InChI=1S/C34H34Cl3F2N7O2/c1-7-21(47)44-14-18-9-11-43(6)32-24-31(25(37)22(27(32)39)23-26(38)19(35)12-20(36)28(23)40)46(30-16(4)8-10-41-29(30)15(2)3)34(48)42-33(24)45(18)13-17(44)5/h7-8,10,12,15,17-18H,1,9,11,13-14,40H2,2-6H3. The van der Waals surface area contributed by atoms with E-state index in [4.69, 9.17) is 40.5 Å². The number of piperazine rings is 1. The Morgan fingerprint density at radius 3 is 2.50 bits per heavy atom. The number of benzene rings is 2. The summed E-state index contributed by atoms with van der Waals surface area (Å²) >= 11 is 19.8. The molecule has 6 rings (SSSR count). The van der Waals surface area contributed by atoms with Gasteiger partial charge in [-0.2, -0.15) is 4.98 Å². The number of anilines is 3. The fraction of sp³-hybridized carbons (Fsp3) is 0.353. The van der Waals surface area contributed by atoms with Crippen LogP contribution in [0.3, 0.4) is 0 Å². The van der Waals surface area contributed by atoms with Crippen molar-refractivity contribution in [1.82, 2.24) is 19.4 Å². The van der Waals surface area contributed by atoms with Crippen molar-refractivity contribution < 1.29 is 13.6 Å². The summed E-state index contributed by atoms with van der Waals surface area (Å²) in [6, 6.07) is 2.32. The number of aryl methyl sites for hydroxylation is 1. The molecule has 2 N–H and O–H groups in total. The first-order valence-electron chi connectivity index (χ1n) is 15.5. The second-order valence-corrected chi connectivity index (χ2v) is 13.8. The second-order valence-electron chi connectivity index (χ2n) is 12.6. The maximum atomic E-state index is 17.3. The Kier molecular flexibility index (Phi) is 8.85. The predicted molar refractivity (Wildman–Crippen MR) is 189 cm³/mol. The SMILES string of the molecule is C=CC(=O)N1CC2CCN(C)c3c(F)c(-c4c(N)c(Cl)cc(Cl)c4F)c(Cl)c4c3c(nc(=O)n4-c3c(C)ccnc3C(C)C)N2CC1C. The van der Waals surface area contributed by atoms with Gasteiger partial charge in [-0.25, -0.2) is 13.6 Å². The summed E-state index contributed by atoms with van der Waals surface area (Å²) in [6.45, 7) is 12.2. The van der Waals surface area contributed by atoms with Gasteiger partial charge in [-0.05, 0) is 50.0 Å². The van der Waals surface area contributed by atoms with Crippen LogP contribution in [0.15, 0.2) is 35.8 Å². The molecule has 1 amide bonds. The van der Waals surface area contributed by atoms with Crippen molar-refractivity contribution in [2.45, 2.75) is 52.1 Å². The molecule has 2 atom stereocenters. The number of amides is 1. The molecule has 4 heterocycles. The van der Waals surface area contributed by atoms with Crippen LogP contribution in [0.5, 0.6) is 0 Å². The number of rotatable bonds is 4. The molecule has 0 radical (unpaired) electrons. The largest absolute Gasteiger partial charge is 0.397 e. The van der Waals surface area contributed by atoms with E-state index in [-0.39, 0.29) is 67.1 Å². The number of fused-ring (bicyclic) bond motifs is 2. The van der Waals surface area contributed by atoms with E-state index in [0.717, 1.165) is 6.07 Å². The van der Waals surface area contributed by atoms with Gasteiger partial charge in [0.25, 0.3) is 0 Å². The van der Waals surface area contributed by atoms with Crippen molar-refractivity contribution >= 4 is 68.8 Å². The predicted octanol–water partition coefficient (Wildman–Crippen LogP) is 7.13. The molecular weight excluding hydrogens is 683 g/mol. The van der Waals surface area contributed by atoms with E-state index in [2.05, 4.69) is 16.5 Å². The van der Waals surface area contributed by atoms with Gasteiger partial charge in [0, 0.05) is 56.1 Å². The Hall–Kier alpha value is -3.93. The number of aromatic nitrogens is 3. The fourth-order valence-electron chi connectivity index (χ4n) is 6.93. The number of nitrogens with two attached hydrogens (primary N) is 1. The number of hydrogen-bond donors (Lipinski definition) is 1. The molecule has 252 valence electrons. The van der Waals surface area contributed by atoms with Gasteiger partial charge in [-0.15, -0.1) is 0 Å². The van der Waals surface area contributed by atoms with E-state index in [1.807, 2.05) is 32.6 Å². The number of halogens is 5. The van der Waals surface area contributed by atoms with Crippen LogP contribution < -0.4 is 21.2 Å². The zero-order chi connectivity index (χ0) is 34.9. The third-order valence-electron chi connectivity index (χ3n) is 9.30. The molecule has 2 aromatic heterocycles. The van der Waals surface area contributed by atoms with Crippen LogP contribution in [0.4, 0.5) is 26.0 Å². The first kappa shape index (κ1) is 34.0. The molecule has 0 saturated carbocycles. The molecule has 2 unspecified atom stereocenters. The first-order chi connectivity index (χ1) is 22.7. The van der Waals surface area contributed by atoms with Crippen molar-refractivity contribution in [2.24, 2.45) is 0 Å². The summed E-state index contributed by atoms with van der Waals surface area (Å²) in [5.41, 5.74) is 6.36. The van der Waals surface area contributed by atoms with E-state index >= 15 is 8.78 Å². The average molecular weight is 717 g/mol. The molecule has 0 aliphatic carbocycles. The van der Waals surface area contributed by atoms with Crippen LogP contribution in [0.25, 0.3) is 27.7 Å². The minimum atomic E-state index is -1.01. The second kappa shape index (κ2) is 12.5. The van der Waals surface area contributed by atoms with Crippen molar-refractivity contribution in [3.05, 3.63) is 79.4 Å². The van der Waals surface area contributed by atoms with Gasteiger partial charge in [-0.3, -0.25) is 14.3 Å². The third-order valence-corrected chi connectivity index (χ3v) is 10.3. The summed E-state index contributed by atoms with van der Waals surface area (Å²) in [5, 5.41) is -0.510. The molecule has 1 fully saturated rings. The first-order valence-corrected chi connectivity index (χ1v) is 16.6. The highest BCUT2D eigenvalue weighted by Gasteiger charge is 2.40. The van der Waals surface area contributed by atoms with Gasteiger partial charge in [0.1, 0.15) is 5.82 Å². The highest BCUT2D eigenvalue weighted by atomic mass is 35.5. The van der Waals surface area contributed by atoms with E-state index in [1.165, 1.54) is 10.6 Å². The highest BCUT2D eigenvalue weighted by molar-refractivity contribution is 6.41. The Labute approximate surface area is 291 Å². The summed E-state index contributed by atoms with van der Waals surface area (Å²) < 4.78 is 34.6. The molecule has 0 bridgehead atoms. The lowest BCUT2D eigenvalue weighted by Crippen LogP contribution is -2.60. The summed E-state index contributed by atoms with van der Waals surface area (Å²) in [7, 11) is 1.70. The van der Waals surface area contributed by atoms with Crippen molar-refractivity contribution in [3.8, 4) is 16.8 Å². The number of nitrogen functional groups attached to an aromatic ring is 1. The van der Waals surface area contributed by atoms with Crippen LogP contribution >= 0.6 is 34.8 Å². The Balaban J connectivity index is 1.83. The van der Waals surface area contributed by atoms with E-state index in [0.29, 0.717) is 43.0 Å². The van der Waals surface area contributed by atoms with Crippen LogP contribution in [0.2, 0.25) is 15.1 Å². The van der Waals surface area contributed by atoms with Gasteiger partial charge in [-0.1, -0.05) is 55.2 Å². The van der Waals surface area contributed by atoms with Gasteiger partial charge in [0.15, 0.2) is 11.6 Å². The van der Waals surface area contributed by atoms with Gasteiger partial charge in [0.2, 0.25) is 5.91 Å². The number of pyridine rings is 1. The molecule has 2 aliphatic rings. The lowest BCUT2D eigenvalue weighted by molar-refractivity contribution is -0.128. The number of hydrogen-bond acceptors (Lipinski definition) is 7. The lowest BCUT2D eigenvalue weighted by Gasteiger charge is -2.47. The molecule has 48 heavy (non-hydrogen) atoms. The van der Waals surface area contributed by atoms with Gasteiger partial charge < -0.3 is 20.4 Å². The molecule has 14 heteroatoms. The topological polar surface area (TPSA) is 101 Å². The zero-order valence-corrected chi connectivity index (χ0v) is 29.3. The van der Waals surface area contributed by atoms with E-state index in [9.17, 15) is 9.59 Å². The molecule has 9 nitrogen and oxygen atoms in total. The summed E-state index contributed by atoms with van der Waals surface area (Å²) in [5.74, 6) is -2.04. The third kappa shape index (κ3) is 5.18. The molecule has 0 spiro atoms. The van der Waals surface area contributed by atoms with E-state index < -0.39 is 28.5 Å². The van der Waals surface area contributed by atoms with E-state index in [1.54, 1.807) is 29.1 Å². The Morgan fingerprint density at radius 2 is 1.83 bits per heavy atom. The van der Waals surface area contributed by atoms with Gasteiger partial charge >= 0.3 is 5.69 Å². The van der Waals surface area contributed by atoms with Crippen molar-refractivity contribution in [2.75, 3.05) is 42.2 Å². The Bertz CT molecular complexity index is 2060. The highest BCUT2D eigenvalue weighted by Crippen LogP contribution is 2.51. The minimum absolute atomic E-state index is 0.0406. The maximum Gasteiger partial charge on any atom is 0.354 e. The summed E-state index contributed by atoms with van der Waals surface area (Å²) in [4.78, 5) is 41.8. The normalized spacial score (nSPS) is 17.9. The Morgan fingerprint density at radius 1 is 1.12 bits per heavy atom. The molecule has 2 aliphatic heterocycles. The lowest BCUT2D eigenvalue weighted by atomic mass is 9.95. The zero-order valence-electron chi connectivity index (χ0n) is 27.0. The van der Waals surface area contributed by atoms with Crippen LogP contribution in [-0.4, -0.2) is 64.1 Å². The fourth-order valence-corrected chi connectivity index (χ4v) is 7.75. The summed E-state index contributed by atoms with van der Waals surface area (Å²) in [6.07, 6.45) is 3.40. The monoisotopic (exact) mass is 715 g/mol. The van der Waals surface area contributed by atoms with Crippen LogP contribution in [-0.2, 0) is 4.79 Å². The number of carbonyl (C=O) groups is 1. The molecule has 1 saturated heterocycles. The quantitative estimate of drug-likeness (QED) is 0.136. The number of nitrogens with zero attached hydrogens (tertiary/aromatic N) is 6. The van der Waals surface area contributed by atoms with Crippen molar-refractivity contribution in [3.63, 3.8) is 0 Å². The van der Waals surface area contributed by atoms with Crippen molar-refractivity contribution in [1.29, 1.82) is 0 Å².